The van der Waals surface area contributed by atoms with E-state index in [1.807, 2.05) is 0 Å². The van der Waals surface area contributed by atoms with Crippen LogP contribution in [0.25, 0.3) is 0 Å². The lowest BCUT2D eigenvalue weighted by Crippen LogP contribution is -2.40. The smallest absolute Gasteiger partial charge is 0.284 e. The van der Waals surface area contributed by atoms with Crippen molar-refractivity contribution in [3.8, 4) is 0 Å². The highest BCUT2D eigenvalue weighted by Gasteiger charge is 2.20. The molecule has 1 heterocycles. The van der Waals surface area contributed by atoms with E-state index in [0.717, 1.165) is 19.4 Å². The Labute approximate surface area is 118 Å². The molecular formula is C12H13BrN2O4. The summed E-state index contributed by atoms with van der Waals surface area (Å²) in [5.41, 5.74) is 0.160. The molecule has 1 aromatic rings. The van der Waals surface area contributed by atoms with Gasteiger partial charge in [0, 0.05) is 18.2 Å². The lowest BCUT2D eigenvalue weighted by Gasteiger charge is -2.23. The van der Waals surface area contributed by atoms with E-state index < -0.39 is 4.92 Å². The van der Waals surface area contributed by atoms with Gasteiger partial charge in [-0.1, -0.05) is 0 Å². The molecule has 1 unspecified atom stereocenters. The number of carbonyl (C=O) groups is 1. The van der Waals surface area contributed by atoms with Gasteiger partial charge in [0.15, 0.2) is 0 Å². The van der Waals surface area contributed by atoms with Gasteiger partial charge in [0.1, 0.15) is 0 Å². The number of nitro groups is 1. The first-order valence-electron chi connectivity index (χ1n) is 5.90. The van der Waals surface area contributed by atoms with Crippen LogP contribution in [0, 0.1) is 10.1 Å². The highest BCUT2D eigenvalue weighted by molar-refractivity contribution is 9.10. The molecule has 102 valence electrons. The minimum absolute atomic E-state index is 0.0241. The van der Waals surface area contributed by atoms with Crippen molar-refractivity contribution < 1.29 is 14.5 Å². The summed E-state index contributed by atoms with van der Waals surface area (Å²) in [6.45, 7) is 1.21. The second kappa shape index (κ2) is 6.12. The Bertz CT molecular complexity index is 501. The number of rotatable bonds is 3. The number of amides is 1. The van der Waals surface area contributed by atoms with E-state index >= 15 is 0 Å². The molecule has 1 saturated heterocycles. The van der Waals surface area contributed by atoms with Crippen LogP contribution in [0.2, 0.25) is 0 Å². The molecule has 7 heteroatoms. The van der Waals surface area contributed by atoms with Crippen molar-refractivity contribution in [2.45, 2.75) is 18.9 Å². The molecule has 19 heavy (non-hydrogen) atoms. The summed E-state index contributed by atoms with van der Waals surface area (Å²) >= 11 is 3.09. The first kappa shape index (κ1) is 14.0. The van der Waals surface area contributed by atoms with Crippen molar-refractivity contribution >= 4 is 27.5 Å². The highest BCUT2D eigenvalue weighted by atomic mass is 79.9. The largest absolute Gasteiger partial charge is 0.379 e. The van der Waals surface area contributed by atoms with E-state index in [0.29, 0.717) is 11.1 Å². The summed E-state index contributed by atoms with van der Waals surface area (Å²) < 4.78 is 5.63. The topological polar surface area (TPSA) is 81.5 Å². The molecule has 6 nitrogen and oxygen atoms in total. The van der Waals surface area contributed by atoms with Crippen molar-refractivity contribution in [2.24, 2.45) is 0 Å². The maximum Gasteiger partial charge on any atom is 0.284 e. The van der Waals surface area contributed by atoms with Crippen molar-refractivity contribution in [1.29, 1.82) is 0 Å². The van der Waals surface area contributed by atoms with Crippen molar-refractivity contribution in [2.75, 3.05) is 13.2 Å². The van der Waals surface area contributed by atoms with Crippen LogP contribution in [0.1, 0.15) is 23.2 Å². The number of nitro benzene ring substituents is 1. The third-order valence-electron chi connectivity index (χ3n) is 2.90. The van der Waals surface area contributed by atoms with Crippen molar-refractivity contribution in [1.82, 2.24) is 5.32 Å². The van der Waals surface area contributed by atoms with E-state index in [1.165, 1.54) is 12.1 Å². The summed E-state index contributed by atoms with van der Waals surface area (Å²) in [5.74, 6) is -0.314. The van der Waals surface area contributed by atoms with Crippen LogP contribution >= 0.6 is 15.9 Å². The summed E-state index contributed by atoms with van der Waals surface area (Å²) in [5, 5.41) is 13.6. The van der Waals surface area contributed by atoms with Crippen LogP contribution in [-0.2, 0) is 4.74 Å². The van der Waals surface area contributed by atoms with Gasteiger partial charge in [0.25, 0.3) is 11.6 Å². The molecule has 0 saturated carbocycles. The van der Waals surface area contributed by atoms with Crippen LogP contribution in [0.15, 0.2) is 22.7 Å². The highest BCUT2D eigenvalue weighted by Crippen LogP contribution is 2.25. The minimum Gasteiger partial charge on any atom is -0.379 e. The number of nitrogens with one attached hydrogen (secondary N) is 1. The Kier molecular flexibility index (Phi) is 4.49. The minimum atomic E-state index is -0.523. The lowest BCUT2D eigenvalue weighted by molar-refractivity contribution is -0.385. The number of halogens is 1. The van der Waals surface area contributed by atoms with Gasteiger partial charge in [0.2, 0.25) is 0 Å². The zero-order chi connectivity index (χ0) is 13.8. The molecule has 0 bridgehead atoms. The Morgan fingerprint density at radius 3 is 2.95 bits per heavy atom. The monoisotopic (exact) mass is 328 g/mol. The van der Waals surface area contributed by atoms with Gasteiger partial charge in [-0.25, -0.2) is 0 Å². The first-order chi connectivity index (χ1) is 9.08. The average molecular weight is 329 g/mol. The van der Waals surface area contributed by atoms with Gasteiger partial charge in [-0.15, -0.1) is 0 Å². The molecule has 1 aromatic carbocycles. The molecule has 1 aliphatic rings. The van der Waals surface area contributed by atoms with E-state index in [1.54, 1.807) is 6.07 Å². The Morgan fingerprint density at radius 2 is 2.32 bits per heavy atom. The number of ether oxygens (including phenoxy) is 1. The SMILES string of the molecule is O=C(NC1CCCOC1)c1ccc(Br)c([N+](=O)[O-])c1. The van der Waals surface area contributed by atoms with Crippen LogP contribution in [0.3, 0.4) is 0 Å². The summed E-state index contributed by atoms with van der Waals surface area (Å²) in [6.07, 6.45) is 1.77. The average Bonchev–Trinajstić information content (AvgIpc) is 2.40. The second-order valence-electron chi connectivity index (χ2n) is 4.31. The molecule has 1 fully saturated rings. The maximum absolute atomic E-state index is 12.0. The third-order valence-corrected chi connectivity index (χ3v) is 3.57. The van der Waals surface area contributed by atoms with Crippen molar-refractivity contribution in [3.63, 3.8) is 0 Å². The van der Waals surface area contributed by atoms with Crippen LogP contribution in [0.5, 0.6) is 0 Å². The second-order valence-corrected chi connectivity index (χ2v) is 5.17. The summed E-state index contributed by atoms with van der Waals surface area (Å²) in [6, 6.07) is 4.30. The molecule has 1 atom stereocenters. The molecule has 0 aromatic heterocycles. The Morgan fingerprint density at radius 1 is 1.53 bits per heavy atom. The molecule has 2 rings (SSSR count). The molecule has 1 N–H and O–H groups in total. The van der Waals surface area contributed by atoms with Gasteiger partial charge in [-0.3, -0.25) is 14.9 Å². The predicted octanol–water partition coefficient (Wildman–Crippen LogP) is 2.27. The van der Waals surface area contributed by atoms with Gasteiger partial charge in [0.05, 0.1) is 22.0 Å². The van der Waals surface area contributed by atoms with Crippen LogP contribution < -0.4 is 5.32 Å². The van der Waals surface area contributed by atoms with Gasteiger partial charge in [-0.05, 0) is 40.9 Å². The third kappa shape index (κ3) is 3.51. The molecule has 1 aliphatic heterocycles. The molecular weight excluding hydrogens is 316 g/mol. The Balaban J connectivity index is 2.10. The normalized spacial score (nSPS) is 18.9. The summed E-state index contributed by atoms with van der Waals surface area (Å²) in [4.78, 5) is 22.3. The molecule has 0 aliphatic carbocycles. The van der Waals surface area contributed by atoms with Crippen LogP contribution in [0.4, 0.5) is 5.69 Å². The van der Waals surface area contributed by atoms with Gasteiger partial charge >= 0.3 is 0 Å². The zero-order valence-electron chi connectivity index (χ0n) is 10.1. The van der Waals surface area contributed by atoms with E-state index in [2.05, 4.69) is 21.2 Å². The zero-order valence-corrected chi connectivity index (χ0v) is 11.7. The molecule has 0 spiro atoms. The number of hydrogen-bond donors (Lipinski definition) is 1. The Hall–Kier alpha value is -1.47. The molecule has 1 amide bonds. The number of nitrogens with zero attached hydrogens (tertiary/aromatic N) is 1. The first-order valence-corrected chi connectivity index (χ1v) is 6.70. The summed E-state index contributed by atoms with van der Waals surface area (Å²) in [7, 11) is 0. The number of carbonyl (C=O) groups excluding carboxylic acids is 1. The molecule has 0 radical (unpaired) electrons. The van der Waals surface area contributed by atoms with Gasteiger partial charge in [-0.2, -0.15) is 0 Å². The number of benzene rings is 1. The maximum atomic E-state index is 12.0. The lowest BCUT2D eigenvalue weighted by atomic mass is 10.1. The van der Waals surface area contributed by atoms with Gasteiger partial charge < -0.3 is 10.1 Å². The van der Waals surface area contributed by atoms with E-state index in [9.17, 15) is 14.9 Å². The fraction of sp³-hybridized carbons (Fsp3) is 0.417. The van der Waals surface area contributed by atoms with Crippen molar-refractivity contribution in [3.05, 3.63) is 38.3 Å². The van der Waals surface area contributed by atoms with E-state index in [-0.39, 0.29) is 23.2 Å². The quantitative estimate of drug-likeness (QED) is 0.681. The predicted molar refractivity (Wildman–Crippen MR) is 72.1 cm³/mol. The fourth-order valence-corrected chi connectivity index (χ4v) is 2.31. The van der Waals surface area contributed by atoms with E-state index in [4.69, 9.17) is 4.74 Å². The standard InChI is InChI=1S/C12H13BrN2O4/c13-10-4-3-8(6-11(10)15(17)18)12(16)14-9-2-1-5-19-7-9/h3-4,6,9H,1-2,5,7H2,(H,14,16). The van der Waals surface area contributed by atoms with Crippen LogP contribution in [-0.4, -0.2) is 30.1 Å². The fourth-order valence-electron chi connectivity index (χ4n) is 1.92. The number of hydrogen-bond acceptors (Lipinski definition) is 4.